The van der Waals surface area contributed by atoms with Gasteiger partial charge >= 0.3 is 0 Å². The average molecular weight is 246 g/mol. The van der Waals surface area contributed by atoms with Crippen LogP contribution in [0.5, 0.6) is 0 Å². The monoisotopic (exact) mass is 246 g/mol. The molecule has 1 fully saturated rings. The Bertz CT molecular complexity index is 507. The van der Waals surface area contributed by atoms with E-state index >= 15 is 0 Å². The predicted molar refractivity (Wildman–Crippen MR) is 64.9 cm³/mol. The van der Waals surface area contributed by atoms with Gasteiger partial charge in [-0.3, -0.25) is 4.79 Å². The van der Waals surface area contributed by atoms with Crippen molar-refractivity contribution in [1.82, 2.24) is 4.90 Å². The number of nitriles is 1. The molecule has 1 unspecified atom stereocenters. The molecule has 0 aromatic heterocycles. The third kappa shape index (κ3) is 2.67. The first kappa shape index (κ1) is 12.6. The number of hydrogen-bond donors (Lipinski definition) is 0. The van der Waals surface area contributed by atoms with Crippen molar-refractivity contribution >= 4 is 5.91 Å². The van der Waals surface area contributed by atoms with E-state index in [0.717, 1.165) is 13.0 Å². The standard InChI is InChI=1S/C14H15FN2O/c1-2-10-6-14(18)17(8-10)9-12-3-11(7-16)4-13(15)5-12/h3-5,10H,2,6,8-9H2,1H3. The number of halogens is 1. The van der Waals surface area contributed by atoms with Gasteiger partial charge in [0.25, 0.3) is 0 Å². The summed E-state index contributed by atoms with van der Waals surface area (Å²) in [6.07, 6.45) is 1.56. The van der Waals surface area contributed by atoms with Crippen LogP contribution in [0.2, 0.25) is 0 Å². The lowest BCUT2D eigenvalue weighted by Crippen LogP contribution is -2.24. The Morgan fingerprint density at radius 1 is 1.50 bits per heavy atom. The number of rotatable bonds is 3. The smallest absolute Gasteiger partial charge is 0.223 e. The lowest BCUT2D eigenvalue weighted by atomic mass is 10.1. The van der Waals surface area contributed by atoms with Crippen LogP contribution in [0.25, 0.3) is 0 Å². The van der Waals surface area contributed by atoms with E-state index in [2.05, 4.69) is 6.92 Å². The van der Waals surface area contributed by atoms with E-state index in [4.69, 9.17) is 5.26 Å². The number of amides is 1. The Labute approximate surface area is 106 Å². The molecule has 1 saturated heterocycles. The number of nitrogens with zero attached hydrogens (tertiary/aromatic N) is 2. The van der Waals surface area contributed by atoms with Crippen LogP contribution in [-0.2, 0) is 11.3 Å². The van der Waals surface area contributed by atoms with Crippen molar-refractivity contribution in [2.24, 2.45) is 5.92 Å². The van der Waals surface area contributed by atoms with Gasteiger partial charge in [-0.1, -0.05) is 13.3 Å². The average Bonchev–Trinajstić information content (AvgIpc) is 2.69. The molecule has 1 aromatic carbocycles. The fourth-order valence-electron chi connectivity index (χ4n) is 2.31. The number of carbonyl (C=O) groups is 1. The van der Waals surface area contributed by atoms with Crippen LogP contribution in [0.4, 0.5) is 4.39 Å². The first-order chi connectivity index (χ1) is 8.62. The van der Waals surface area contributed by atoms with Gasteiger partial charge in [-0.15, -0.1) is 0 Å². The normalized spacial score (nSPS) is 19.1. The van der Waals surface area contributed by atoms with Crippen molar-refractivity contribution in [2.45, 2.75) is 26.3 Å². The van der Waals surface area contributed by atoms with Gasteiger partial charge < -0.3 is 4.90 Å². The van der Waals surface area contributed by atoms with Gasteiger partial charge in [0.05, 0.1) is 11.6 Å². The van der Waals surface area contributed by atoms with Gasteiger partial charge in [0.1, 0.15) is 5.82 Å². The highest BCUT2D eigenvalue weighted by molar-refractivity contribution is 5.78. The van der Waals surface area contributed by atoms with Crippen molar-refractivity contribution in [2.75, 3.05) is 6.54 Å². The van der Waals surface area contributed by atoms with Crippen molar-refractivity contribution in [3.05, 3.63) is 35.1 Å². The van der Waals surface area contributed by atoms with Gasteiger partial charge in [-0.2, -0.15) is 5.26 Å². The summed E-state index contributed by atoms with van der Waals surface area (Å²) in [6.45, 7) is 3.19. The van der Waals surface area contributed by atoms with E-state index in [-0.39, 0.29) is 5.91 Å². The predicted octanol–water partition coefficient (Wildman–Crippen LogP) is 2.46. The fraction of sp³-hybridized carbons (Fsp3) is 0.429. The quantitative estimate of drug-likeness (QED) is 0.822. The van der Waals surface area contributed by atoms with E-state index in [1.807, 2.05) is 6.07 Å². The van der Waals surface area contributed by atoms with Crippen LogP contribution in [0.1, 0.15) is 30.9 Å². The van der Waals surface area contributed by atoms with E-state index in [9.17, 15) is 9.18 Å². The lowest BCUT2D eigenvalue weighted by molar-refractivity contribution is -0.128. The fourth-order valence-corrected chi connectivity index (χ4v) is 2.31. The maximum Gasteiger partial charge on any atom is 0.223 e. The van der Waals surface area contributed by atoms with Crippen molar-refractivity contribution < 1.29 is 9.18 Å². The Morgan fingerprint density at radius 3 is 2.89 bits per heavy atom. The van der Waals surface area contributed by atoms with Gasteiger partial charge in [0.2, 0.25) is 5.91 Å². The van der Waals surface area contributed by atoms with Crippen LogP contribution in [0, 0.1) is 23.1 Å². The summed E-state index contributed by atoms with van der Waals surface area (Å²) >= 11 is 0. The molecule has 2 rings (SSSR count). The van der Waals surface area contributed by atoms with E-state index < -0.39 is 5.82 Å². The molecule has 1 atom stereocenters. The molecule has 0 bridgehead atoms. The summed E-state index contributed by atoms with van der Waals surface area (Å²) in [5, 5.41) is 8.78. The highest BCUT2D eigenvalue weighted by atomic mass is 19.1. The SMILES string of the molecule is CCC1CC(=O)N(Cc2cc(F)cc(C#N)c2)C1. The molecule has 1 amide bonds. The van der Waals surface area contributed by atoms with Gasteiger partial charge in [0, 0.05) is 19.5 Å². The zero-order chi connectivity index (χ0) is 13.1. The summed E-state index contributed by atoms with van der Waals surface area (Å²) in [5.41, 5.74) is 0.973. The summed E-state index contributed by atoms with van der Waals surface area (Å²) in [4.78, 5) is 13.5. The molecule has 0 radical (unpaired) electrons. The highest BCUT2D eigenvalue weighted by Gasteiger charge is 2.28. The highest BCUT2D eigenvalue weighted by Crippen LogP contribution is 2.22. The van der Waals surface area contributed by atoms with Crippen molar-refractivity contribution in [3.63, 3.8) is 0 Å². The van der Waals surface area contributed by atoms with Crippen molar-refractivity contribution in [1.29, 1.82) is 5.26 Å². The molecule has 3 nitrogen and oxygen atoms in total. The molecule has 1 aromatic rings. The van der Waals surface area contributed by atoms with Gasteiger partial charge in [0.15, 0.2) is 0 Å². The Balaban J connectivity index is 2.13. The second kappa shape index (κ2) is 5.18. The largest absolute Gasteiger partial charge is 0.338 e. The molecule has 1 heterocycles. The minimum atomic E-state index is -0.428. The number of likely N-dealkylation sites (tertiary alicyclic amines) is 1. The van der Waals surface area contributed by atoms with Crippen LogP contribution < -0.4 is 0 Å². The molecule has 1 aliphatic rings. The van der Waals surface area contributed by atoms with Gasteiger partial charge in [-0.05, 0) is 29.7 Å². The molecule has 0 N–H and O–H groups in total. The van der Waals surface area contributed by atoms with Gasteiger partial charge in [-0.25, -0.2) is 4.39 Å². The zero-order valence-electron chi connectivity index (χ0n) is 10.3. The molecule has 0 aliphatic carbocycles. The molecule has 18 heavy (non-hydrogen) atoms. The minimum Gasteiger partial charge on any atom is -0.338 e. The molecular formula is C14H15FN2O. The van der Waals surface area contributed by atoms with E-state index in [1.54, 1.807) is 11.0 Å². The number of hydrogen-bond acceptors (Lipinski definition) is 2. The first-order valence-electron chi connectivity index (χ1n) is 6.09. The van der Waals surface area contributed by atoms with Crippen LogP contribution in [0.15, 0.2) is 18.2 Å². The second-order valence-electron chi connectivity index (χ2n) is 4.71. The molecular weight excluding hydrogens is 231 g/mol. The van der Waals surface area contributed by atoms with E-state index in [1.165, 1.54) is 12.1 Å². The summed E-state index contributed by atoms with van der Waals surface area (Å²) < 4.78 is 13.3. The Kier molecular flexibility index (Phi) is 3.61. The van der Waals surface area contributed by atoms with E-state index in [0.29, 0.717) is 30.0 Å². The van der Waals surface area contributed by atoms with Crippen LogP contribution in [0.3, 0.4) is 0 Å². The Morgan fingerprint density at radius 2 is 2.28 bits per heavy atom. The molecule has 0 saturated carbocycles. The van der Waals surface area contributed by atoms with Crippen molar-refractivity contribution in [3.8, 4) is 6.07 Å². The third-order valence-electron chi connectivity index (χ3n) is 3.33. The van der Waals surface area contributed by atoms with Crippen LogP contribution in [-0.4, -0.2) is 17.4 Å². The molecule has 1 aliphatic heterocycles. The summed E-state index contributed by atoms with van der Waals surface area (Å²) in [6, 6.07) is 6.14. The minimum absolute atomic E-state index is 0.115. The third-order valence-corrected chi connectivity index (χ3v) is 3.33. The summed E-state index contributed by atoms with van der Waals surface area (Å²) in [5.74, 6) is 0.0915. The summed E-state index contributed by atoms with van der Waals surface area (Å²) in [7, 11) is 0. The number of benzene rings is 1. The molecule has 4 heteroatoms. The molecule has 0 spiro atoms. The Hall–Kier alpha value is -1.89. The van der Waals surface area contributed by atoms with Crippen LogP contribution >= 0.6 is 0 Å². The second-order valence-corrected chi connectivity index (χ2v) is 4.71. The maximum atomic E-state index is 13.3. The first-order valence-corrected chi connectivity index (χ1v) is 6.09. The number of carbonyl (C=O) groups excluding carboxylic acids is 1. The topological polar surface area (TPSA) is 44.1 Å². The lowest BCUT2D eigenvalue weighted by Gasteiger charge is -2.16. The molecule has 94 valence electrons. The maximum absolute atomic E-state index is 13.3. The zero-order valence-corrected chi connectivity index (χ0v) is 10.3.